The molecule has 3 rings (SSSR count). The molecule has 0 saturated carbocycles. The lowest BCUT2D eigenvalue weighted by Crippen LogP contribution is -2.43. The number of carbonyl (C=O) groups is 1. The summed E-state index contributed by atoms with van der Waals surface area (Å²) in [5.74, 6) is -1.06. The molecule has 0 aliphatic heterocycles. The van der Waals surface area contributed by atoms with Crippen molar-refractivity contribution in [1.29, 1.82) is 0 Å². The molecule has 2 aromatic carbocycles. The molecule has 0 heterocycles. The van der Waals surface area contributed by atoms with Gasteiger partial charge >= 0.3 is 0 Å². The van der Waals surface area contributed by atoms with Crippen LogP contribution in [0.2, 0.25) is 0 Å². The molecule has 108 valence electrons. The van der Waals surface area contributed by atoms with Gasteiger partial charge in [-0.2, -0.15) is 0 Å². The second-order valence-corrected chi connectivity index (χ2v) is 5.51. The van der Waals surface area contributed by atoms with E-state index in [1.807, 2.05) is 24.3 Å². The van der Waals surface area contributed by atoms with Crippen LogP contribution in [-0.4, -0.2) is 23.2 Å². The van der Waals surface area contributed by atoms with Crippen molar-refractivity contribution in [1.82, 2.24) is 5.32 Å². The number of halogens is 1. The number of benzene rings is 2. The van der Waals surface area contributed by atoms with Crippen LogP contribution in [0.25, 0.3) is 0 Å². The third-order valence-electron chi connectivity index (χ3n) is 3.85. The first-order valence-corrected chi connectivity index (χ1v) is 6.89. The SMILES string of the molecule is O=C(NCC1(O)Cc2ccccc2C1)c1ccccc1F. The first kappa shape index (κ1) is 13.8. The quantitative estimate of drug-likeness (QED) is 0.907. The van der Waals surface area contributed by atoms with E-state index in [9.17, 15) is 14.3 Å². The predicted molar refractivity (Wildman–Crippen MR) is 77.5 cm³/mol. The number of rotatable bonds is 3. The summed E-state index contributed by atoms with van der Waals surface area (Å²) in [5.41, 5.74) is 1.20. The van der Waals surface area contributed by atoms with Crippen LogP contribution in [0.3, 0.4) is 0 Å². The lowest BCUT2D eigenvalue weighted by Gasteiger charge is -2.22. The van der Waals surface area contributed by atoms with E-state index in [1.165, 1.54) is 18.2 Å². The van der Waals surface area contributed by atoms with Gasteiger partial charge in [-0.1, -0.05) is 36.4 Å². The normalized spacial score (nSPS) is 15.5. The number of amides is 1. The number of nitrogens with one attached hydrogen (secondary N) is 1. The second kappa shape index (κ2) is 5.30. The molecule has 2 aromatic rings. The van der Waals surface area contributed by atoms with E-state index in [1.54, 1.807) is 6.07 Å². The highest BCUT2D eigenvalue weighted by Gasteiger charge is 2.35. The van der Waals surface area contributed by atoms with Crippen LogP contribution in [0.5, 0.6) is 0 Å². The summed E-state index contributed by atoms with van der Waals surface area (Å²) in [6, 6.07) is 13.6. The fourth-order valence-electron chi connectivity index (χ4n) is 2.78. The van der Waals surface area contributed by atoms with Gasteiger partial charge < -0.3 is 10.4 Å². The highest BCUT2D eigenvalue weighted by atomic mass is 19.1. The molecule has 2 N–H and O–H groups in total. The van der Waals surface area contributed by atoms with E-state index in [0.29, 0.717) is 12.8 Å². The zero-order valence-electron chi connectivity index (χ0n) is 11.5. The van der Waals surface area contributed by atoms with Gasteiger partial charge in [0.1, 0.15) is 5.82 Å². The maximum Gasteiger partial charge on any atom is 0.254 e. The predicted octanol–water partition coefficient (Wildman–Crippen LogP) is 2.09. The van der Waals surface area contributed by atoms with Gasteiger partial charge in [0.25, 0.3) is 5.91 Å². The van der Waals surface area contributed by atoms with Crippen molar-refractivity contribution in [3.8, 4) is 0 Å². The average Bonchev–Trinajstić information content (AvgIpc) is 2.82. The molecule has 0 aromatic heterocycles. The Balaban J connectivity index is 1.66. The van der Waals surface area contributed by atoms with Crippen LogP contribution in [0.15, 0.2) is 48.5 Å². The average molecular weight is 285 g/mol. The minimum absolute atomic E-state index is 0.00314. The molecule has 0 bridgehead atoms. The molecule has 0 atom stereocenters. The van der Waals surface area contributed by atoms with Gasteiger partial charge in [0, 0.05) is 19.4 Å². The summed E-state index contributed by atoms with van der Waals surface area (Å²) in [7, 11) is 0. The van der Waals surface area contributed by atoms with Crippen molar-refractivity contribution in [3.05, 3.63) is 71.0 Å². The molecule has 1 aliphatic rings. The van der Waals surface area contributed by atoms with Crippen LogP contribution in [0.1, 0.15) is 21.5 Å². The molecule has 3 nitrogen and oxygen atoms in total. The van der Waals surface area contributed by atoms with Crippen molar-refractivity contribution < 1.29 is 14.3 Å². The van der Waals surface area contributed by atoms with Gasteiger partial charge in [-0.15, -0.1) is 0 Å². The third-order valence-corrected chi connectivity index (χ3v) is 3.85. The molecule has 0 saturated heterocycles. The Bertz CT molecular complexity index is 659. The van der Waals surface area contributed by atoms with Gasteiger partial charge in [0.2, 0.25) is 0 Å². The molecular formula is C17H16FNO2. The highest BCUT2D eigenvalue weighted by Crippen LogP contribution is 2.29. The highest BCUT2D eigenvalue weighted by molar-refractivity contribution is 5.94. The zero-order valence-corrected chi connectivity index (χ0v) is 11.5. The molecular weight excluding hydrogens is 269 g/mol. The summed E-state index contributed by atoms with van der Waals surface area (Å²) < 4.78 is 13.5. The van der Waals surface area contributed by atoms with Crippen LogP contribution in [-0.2, 0) is 12.8 Å². The molecule has 1 amide bonds. The number of carbonyl (C=O) groups excluding carboxylic acids is 1. The molecule has 4 heteroatoms. The minimum Gasteiger partial charge on any atom is -0.387 e. The van der Waals surface area contributed by atoms with Crippen LogP contribution in [0, 0.1) is 5.82 Å². The van der Waals surface area contributed by atoms with Crippen molar-refractivity contribution in [2.45, 2.75) is 18.4 Å². The lowest BCUT2D eigenvalue weighted by atomic mass is 10.0. The monoisotopic (exact) mass is 285 g/mol. The summed E-state index contributed by atoms with van der Waals surface area (Å²) in [6.45, 7) is 0.106. The van der Waals surface area contributed by atoms with Crippen molar-refractivity contribution in [2.24, 2.45) is 0 Å². The van der Waals surface area contributed by atoms with E-state index >= 15 is 0 Å². The lowest BCUT2D eigenvalue weighted by molar-refractivity contribution is 0.0478. The van der Waals surface area contributed by atoms with Crippen LogP contribution in [0.4, 0.5) is 4.39 Å². The first-order valence-electron chi connectivity index (χ1n) is 6.89. The summed E-state index contributed by atoms with van der Waals surface area (Å²) in [6.07, 6.45) is 1.00. The number of hydrogen-bond donors (Lipinski definition) is 2. The molecule has 21 heavy (non-hydrogen) atoms. The Labute approximate surface area is 122 Å². The van der Waals surface area contributed by atoms with Gasteiger partial charge in [0.05, 0.1) is 11.2 Å². The maximum atomic E-state index is 13.5. The molecule has 1 aliphatic carbocycles. The largest absolute Gasteiger partial charge is 0.387 e. The second-order valence-electron chi connectivity index (χ2n) is 5.51. The van der Waals surface area contributed by atoms with Crippen molar-refractivity contribution in [3.63, 3.8) is 0 Å². The van der Waals surface area contributed by atoms with Crippen LogP contribution < -0.4 is 5.32 Å². The van der Waals surface area contributed by atoms with E-state index < -0.39 is 17.3 Å². The molecule has 0 radical (unpaired) electrons. The van der Waals surface area contributed by atoms with Crippen LogP contribution >= 0.6 is 0 Å². The minimum atomic E-state index is -0.995. The van der Waals surface area contributed by atoms with Gasteiger partial charge in [-0.3, -0.25) is 4.79 Å². The molecule has 0 spiro atoms. The summed E-state index contributed by atoms with van der Waals surface area (Å²) in [4.78, 5) is 12.0. The smallest absolute Gasteiger partial charge is 0.254 e. The van der Waals surface area contributed by atoms with E-state index in [2.05, 4.69) is 5.32 Å². The summed E-state index contributed by atoms with van der Waals surface area (Å²) >= 11 is 0. The first-order chi connectivity index (χ1) is 10.1. The molecule has 0 fully saturated rings. The Hall–Kier alpha value is -2.20. The number of aliphatic hydroxyl groups is 1. The molecule has 0 unspecified atom stereocenters. The number of hydrogen-bond acceptors (Lipinski definition) is 2. The van der Waals surface area contributed by atoms with Gasteiger partial charge in [-0.25, -0.2) is 4.39 Å². The fraction of sp³-hybridized carbons (Fsp3) is 0.235. The Morgan fingerprint density at radius 1 is 1.10 bits per heavy atom. The number of fused-ring (bicyclic) bond motifs is 1. The standard InChI is InChI=1S/C17H16FNO2/c18-15-8-4-3-7-14(15)16(20)19-11-17(21)9-12-5-1-2-6-13(12)10-17/h1-8,21H,9-11H2,(H,19,20). The Morgan fingerprint density at radius 2 is 1.67 bits per heavy atom. The fourth-order valence-corrected chi connectivity index (χ4v) is 2.78. The van der Waals surface area contributed by atoms with E-state index in [-0.39, 0.29) is 12.1 Å². The Kier molecular flexibility index (Phi) is 3.47. The van der Waals surface area contributed by atoms with Crippen molar-refractivity contribution in [2.75, 3.05) is 6.54 Å². The van der Waals surface area contributed by atoms with Crippen molar-refractivity contribution >= 4 is 5.91 Å². The Morgan fingerprint density at radius 3 is 2.29 bits per heavy atom. The van der Waals surface area contributed by atoms with Gasteiger partial charge in [-0.05, 0) is 23.3 Å². The van der Waals surface area contributed by atoms with Gasteiger partial charge in [0.15, 0.2) is 0 Å². The topological polar surface area (TPSA) is 49.3 Å². The maximum absolute atomic E-state index is 13.5. The van der Waals surface area contributed by atoms with E-state index in [4.69, 9.17) is 0 Å². The van der Waals surface area contributed by atoms with E-state index in [0.717, 1.165) is 11.1 Å². The zero-order chi connectivity index (χ0) is 14.9. The third kappa shape index (κ3) is 2.81. The summed E-state index contributed by atoms with van der Waals surface area (Å²) in [5, 5.41) is 13.2.